The summed E-state index contributed by atoms with van der Waals surface area (Å²) < 4.78 is 17.3. The van der Waals surface area contributed by atoms with E-state index in [-0.39, 0.29) is 6.79 Å². The Morgan fingerprint density at radius 2 is 1.88 bits per heavy atom. The van der Waals surface area contributed by atoms with Crippen molar-refractivity contribution in [1.82, 2.24) is 9.97 Å². The first-order valence-electron chi connectivity index (χ1n) is 8.97. The van der Waals surface area contributed by atoms with Crippen LogP contribution in [0, 0.1) is 0 Å². The first-order valence-corrected chi connectivity index (χ1v) is 8.97. The van der Waals surface area contributed by atoms with Gasteiger partial charge in [-0.05, 0) is 24.1 Å². The molecule has 0 saturated carbocycles. The molecule has 0 spiro atoms. The zero-order valence-electron chi connectivity index (χ0n) is 14.9. The molecule has 1 aliphatic rings. The molecule has 1 aliphatic heterocycles. The summed E-state index contributed by atoms with van der Waals surface area (Å²) in [5.41, 5.74) is 3.07. The molecule has 1 saturated heterocycles. The average molecular weight is 350 g/mol. The molecule has 4 rings (SSSR count). The van der Waals surface area contributed by atoms with Crippen molar-refractivity contribution in [2.75, 3.05) is 13.4 Å². The van der Waals surface area contributed by atoms with Gasteiger partial charge in [0.25, 0.3) is 0 Å². The van der Waals surface area contributed by atoms with Gasteiger partial charge in [-0.3, -0.25) is 4.98 Å². The Morgan fingerprint density at radius 3 is 2.65 bits per heavy atom. The third-order valence-electron chi connectivity index (χ3n) is 4.56. The van der Waals surface area contributed by atoms with E-state index in [2.05, 4.69) is 24.0 Å². The summed E-state index contributed by atoms with van der Waals surface area (Å²) >= 11 is 0. The van der Waals surface area contributed by atoms with Crippen LogP contribution in [-0.4, -0.2) is 23.4 Å². The molecule has 134 valence electrons. The number of ether oxygens (including phenoxy) is 2. The van der Waals surface area contributed by atoms with Crippen molar-refractivity contribution in [3.8, 4) is 11.4 Å². The van der Waals surface area contributed by atoms with Gasteiger partial charge in [-0.15, -0.1) is 0 Å². The molecule has 1 fully saturated rings. The number of rotatable bonds is 6. The summed E-state index contributed by atoms with van der Waals surface area (Å²) in [5, 5.41) is 0. The molecule has 1 aromatic carbocycles. The van der Waals surface area contributed by atoms with Gasteiger partial charge in [0.05, 0.1) is 12.3 Å². The van der Waals surface area contributed by atoms with Crippen LogP contribution in [0.5, 0.6) is 0 Å². The molecule has 0 amide bonds. The minimum absolute atomic E-state index is 0.245. The highest BCUT2D eigenvalue weighted by molar-refractivity contribution is 5.52. The van der Waals surface area contributed by atoms with E-state index >= 15 is 0 Å². The van der Waals surface area contributed by atoms with Gasteiger partial charge < -0.3 is 13.9 Å². The Morgan fingerprint density at radius 1 is 1.00 bits per heavy atom. The molecule has 2 aromatic heterocycles. The summed E-state index contributed by atoms with van der Waals surface area (Å²) in [6.45, 7) is 2.81. The van der Waals surface area contributed by atoms with Crippen molar-refractivity contribution < 1.29 is 13.9 Å². The second-order valence-corrected chi connectivity index (χ2v) is 6.57. The Bertz CT molecular complexity index is 854. The lowest BCUT2D eigenvalue weighted by atomic mass is 9.95. The lowest BCUT2D eigenvalue weighted by molar-refractivity contribution is -0.0272. The predicted molar refractivity (Wildman–Crippen MR) is 97.5 cm³/mol. The lowest BCUT2D eigenvalue weighted by Gasteiger charge is -2.22. The third kappa shape index (κ3) is 3.41. The van der Waals surface area contributed by atoms with E-state index < -0.39 is 5.60 Å². The fourth-order valence-corrected chi connectivity index (χ4v) is 3.25. The summed E-state index contributed by atoms with van der Waals surface area (Å²) in [6, 6.07) is 16.2. The van der Waals surface area contributed by atoms with Gasteiger partial charge in [0, 0.05) is 12.1 Å². The monoisotopic (exact) mass is 350 g/mol. The van der Waals surface area contributed by atoms with E-state index in [1.807, 2.05) is 36.4 Å². The maximum absolute atomic E-state index is 5.94. The van der Waals surface area contributed by atoms with E-state index in [9.17, 15) is 0 Å². The zero-order chi connectivity index (χ0) is 17.8. The van der Waals surface area contributed by atoms with Gasteiger partial charge in [0.1, 0.15) is 18.8 Å². The van der Waals surface area contributed by atoms with Crippen LogP contribution in [0.25, 0.3) is 11.4 Å². The molecular weight excluding hydrogens is 328 g/mol. The molecule has 0 N–H and O–H groups in total. The number of hydrogen-bond acceptors (Lipinski definition) is 5. The Kier molecular flexibility index (Phi) is 4.82. The summed E-state index contributed by atoms with van der Waals surface area (Å²) in [6.07, 6.45) is 4.32. The van der Waals surface area contributed by atoms with E-state index in [1.165, 1.54) is 0 Å². The molecule has 3 aromatic rings. The highest BCUT2D eigenvalue weighted by Gasteiger charge is 2.43. The molecule has 3 heterocycles. The fourth-order valence-electron chi connectivity index (χ4n) is 3.25. The highest BCUT2D eigenvalue weighted by atomic mass is 16.7. The minimum Gasteiger partial charge on any atom is -0.445 e. The van der Waals surface area contributed by atoms with Crippen LogP contribution in [0.1, 0.15) is 30.5 Å². The van der Waals surface area contributed by atoms with Gasteiger partial charge in [0.2, 0.25) is 5.89 Å². The van der Waals surface area contributed by atoms with E-state index in [0.29, 0.717) is 18.9 Å². The van der Waals surface area contributed by atoms with Crippen LogP contribution in [-0.2, 0) is 27.9 Å². The summed E-state index contributed by atoms with van der Waals surface area (Å²) in [5.74, 6) is 0.538. The lowest BCUT2D eigenvalue weighted by Crippen LogP contribution is -2.31. The molecule has 5 heteroatoms. The fraction of sp³-hybridized carbons (Fsp3) is 0.333. The van der Waals surface area contributed by atoms with Crippen LogP contribution in [0.2, 0.25) is 0 Å². The predicted octanol–water partition coefficient (Wildman–Crippen LogP) is 4.13. The molecule has 0 aliphatic carbocycles. The van der Waals surface area contributed by atoms with Crippen molar-refractivity contribution in [2.24, 2.45) is 0 Å². The van der Waals surface area contributed by atoms with Gasteiger partial charge in [-0.1, -0.05) is 49.7 Å². The average Bonchev–Trinajstić information content (AvgIpc) is 3.34. The normalized spacial score (nSPS) is 19.7. The standard InChI is InChI=1S/C21H22N2O3/c1-2-7-17-10-6-11-18(22-17)19-13-25-20(23-19)21(14-24-15-26-21)12-16-8-4-3-5-9-16/h3-6,8-11,13H,2,7,12,14-15H2,1H3. The Balaban J connectivity index is 1.64. The molecule has 0 radical (unpaired) electrons. The van der Waals surface area contributed by atoms with Crippen molar-refractivity contribution >= 4 is 0 Å². The van der Waals surface area contributed by atoms with Gasteiger partial charge in [-0.2, -0.15) is 0 Å². The number of nitrogens with zero attached hydrogens (tertiary/aromatic N) is 2. The van der Waals surface area contributed by atoms with Crippen molar-refractivity contribution in [3.05, 3.63) is 71.9 Å². The maximum Gasteiger partial charge on any atom is 0.229 e. The number of aryl methyl sites for hydroxylation is 1. The number of pyridine rings is 1. The van der Waals surface area contributed by atoms with Crippen LogP contribution < -0.4 is 0 Å². The molecular formula is C21H22N2O3. The number of oxazole rings is 1. The molecule has 0 bridgehead atoms. The van der Waals surface area contributed by atoms with Crippen LogP contribution >= 0.6 is 0 Å². The second kappa shape index (κ2) is 7.40. The molecule has 26 heavy (non-hydrogen) atoms. The quantitative estimate of drug-likeness (QED) is 0.669. The van der Waals surface area contributed by atoms with Crippen LogP contribution in [0.15, 0.2) is 59.2 Å². The molecule has 5 nitrogen and oxygen atoms in total. The van der Waals surface area contributed by atoms with Crippen molar-refractivity contribution in [3.63, 3.8) is 0 Å². The number of hydrogen-bond donors (Lipinski definition) is 0. The van der Waals surface area contributed by atoms with Crippen molar-refractivity contribution in [1.29, 1.82) is 0 Å². The SMILES string of the molecule is CCCc1cccc(-c2coc(C3(Cc4ccccc4)COCO3)n2)n1. The second-order valence-electron chi connectivity index (χ2n) is 6.57. The van der Waals surface area contributed by atoms with Gasteiger partial charge in [-0.25, -0.2) is 4.98 Å². The first-order chi connectivity index (χ1) is 12.8. The van der Waals surface area contributed by atoms with Crippen LogP contribution in [0.3, 0.4) is 0 Å². The summed E-state index contributed by atoms with van der Waals surface area (Å²) in [7, 11) is 0. The van der Waals surface area contributed by atoms with Crippen molar-refractivity contribution in [2.45, 2.75) is 31.8 Å². The maximum atomic E-state index is 5.94. The number of aromatic nitrogens is 2. The van der Waals surface area contributed by atoms with E-state index in [1.54, 1.807) is 6.26 Å². The minimum atomic E-state index is -0.694. The smallest absolute Gasteiger partial charge is 0.229 e. The van der Waals surface area contributed by atoms with Crippen LogP contribution in [0.4, 0.5) is 0 Å². The zero-order valence-corrected chi connectivity index (χ0v) is 14.9. The number of benzene rings is 1. The highest BCUT2D eigenvalue weighted by Crippen LogP contribution is 2.35. The first kappa shape index (κ1) is 16.9. The Labute approximate surface area is 153 Å². The summed E-state index contributed by atoms with van der Waals surface area (Å²) in [4.78, 5) is 9.38. The molecule has 1 unspecified atom stereocenters. The molecule has 1 atom stereocenters. The van der Waals surface area contributed by atoms with E-state index in [4.69, 9.17) is 18.9 Å². The van der Waals surface area contributed by atoms with Gasteiger partial charge in [0.15, 0.2) is 5.60 Å². The third-order valence-corrected chi connectivity index (χ3v) is 4.56. The topological polar surface area (TPSA) is 57.4 Å². The van der Waals surface area contributed by atoms with Gasteiger partial charge >= 0.3 is 0 Å². The Hall–Kier alpha value is -2.50. The van der Waals surface area contributed by atoms with E-state index in [0.717, 1.165) is 35.5 Å². The largest absolute Gasteiger partial charge is 0.445 e.